The minimum Gasteiger partial charge on any atom is -0.376 e. The molecule has 3 aromatic rings. The fourth-order valence-electron chi connectivity index (χ4n) is 2.56. The standard InChI is InChI=1S/C17H12F3NO4S/c1-10-4-2-3-5-12(10)15-9-21-16(22)14-8-11(6-7-13(14)15)25-26(23,24)17(18,19)20/h2-9H,1H3,(H,21,22). The smallest absolute Gasteiger partial charge is 0.376 e. The number of H-pyrrole nitrogens is 1. The van der Waals surface area contributed by atoms with Crippen molar-refractivity contribution in [2.75, 3.05) is 0 Å². The van der Waals surface area contributed by atoms with Gasteiger partial charge in [0.05, 0.1) is 5.39 Å². The van der Waals surface area contributed by atoms with E-state index in [0.29, 0.717) is 10.9 Å². The van der Waals surface area contributed by atoms with E-state index in [2.05, 4.69) is 9.17 Å². The maximum atomic E-state index is 12.5. The van der Waals surface area contributed by atoms with Crippen molar-refractivity contribution in [2.45, 2.75) is 12.4 Å². The number of rotatable bonds is 3. The predicted octanol–water partition coefficient (Wildman–Crippen LogP) is 3.73. The van der Waals surface area contributed by atoms with Crippen LogP contribution in [0.2, 0.25) is 0 Å². The Morgan fingerprint density at radius 3 is 2.35 bits per heavy atom. The summed E-state index contributed by atoms with van der Waals surface area (Å²) in [5.41, 5.74) is -3.72. The first-order chi connectivity index (χ1) is 12.1. The van der Waals surface area contributed by atoms with Gasteiger partial charge in [0.1, 0.15) is 5.75 Å². The molecule has 0 amide bonds. The largest absolute Gasteiger partial charge is 0.534 e. The molecule has 0 spiro atoms. The zero-order chi connectivity index (χ0) is 19.1. The molecule has 0 saturated carbocycles. The van der Waals surface area contributed by atoms with E-state index in [1.165, 1.54) is 12.3 Å². The Kier molecular flexibility index (Phi) is 4.27. The summed E-state index contributed by atoms with van der Waals surface area (Å²) in [7, 11) is -5.81. The van der Waals surface area contributed by atoms with Gasteiger partial charge in [-0.3, -0.25) is 4.79 Å². The lowest BCUT2D eigenvalue weighted by Gasteiger charge is -2.12. The van der Waals surface area contributed by atoms with Gasteiger partial charge < -0.3 is 9.17 Å². The van der Waals surface area contributed by atoms with Crippen LogP contribution in [-0.2, 0) is 10.1 Å². The van der Waals surface area contributed by atoms with Crippen LogP contribution < -0.4 is 9.74 Å². The van der Waals surface area contributed by atoms with Crippen LogP contribution in [0.4, 0.5) is 13.2 Å². The first-order valence-corrected chi connectivity index (χ1v) is 8.73. The van der Waals surface area contributed by atoms with Gasteiger partial charge in [0.15, 0.2) is 0 Å². The van der Waals surface area contributed by atoms with E-state index in [1.54, 1.807) is 0 Å². The zero-order valence-electron chi connectivity index (χ0n) is 13.3. The molecule has 0 bridgehead atoms. The number of hydrogen-bond donors (Lipinski definition) is 1. The summed E-state index contributed by atoms with van der Waals surface area (Å²) >= 11 is 0. The molecule has 0 unspecified atom stereocenters. The molecule has 0 saturated heterocycles. The Hall–Kier alpha value is -2.81. The van der Waals surface area contributed by atoms with Crippen molar-refractivity contribution in [3.63, 3.8) is 0 Å². The average molecular weight is 383 g/mol. The number of aromatic amines is 1. The molecule has 5 nitrogen and oxygen atoms in total. The Morgan fingerprint density at radius 2 is 1.69 bits per heavy atom. The van der Waals surface area contributed by atoms with Gasteiger partial charge in [-0.1, -0.05) is 24.3 Å². The lowest BCUT2D eigenvalue weighted by Crippen LogP contribution is -2.28. The van der Waals surface area contributed by atoms with Gasteiger partial charge in [0.25, 0.3) is 5.56 Å². The maximum Gasteiger partial charge on any atom is 0.534 e. The molecule has 0 aliphatic heterocycles. The number of benzene rings is 2. The highest BCUT2D eigenvalue weighted by Crippen LogP contribution is 2.32. The molecule has 1 heterocycles. The molecule has 2 aromatic carbocycles. The first-order valence-electron chi connectivity index (χ1n) is 7.32. The second-order valence-electron chi connectivity index (χ2n) is 5.54. The quantitative estimate of drug-likeness (QED) is 0.552. The number of hydrogen-bond acceptors (Lipinski definition) is 4. The number of halogens is 3. The number of aromatic nitrogens is 1. The number of nitrogens with one attached hydrogen (secondary N) is 1. The van der Waals surface area contributed by atoms with E-state index in [1.807, 2.05) is 31.2 Å². The number of fused-ring (bicyclic) bond motifs is 1. The van der Waals surface area contributed by atoms with Crippen LogP contribution in [0.1, 0.15) is 5.56 Å². The van der Waals surface area contributed by atoms with E-state index >= 15 is 0 Å². The molecule has 9 heteroatoms. The highest BCUT2D eigenvalue weighted by atomic mass is 32.2. The summed E-state index contributed by atoms with van der Waals surface area (Å²) in [4.78, 5) is 14.6. The number of pyridine rings is 1. The molecule has 136 valence electrons. The van der Waals surface area contributed by atoms with Crippen molar-refractivity contribution in [3.05, 3.63) is 64.6 Å². The van der Waals surface area contributed by atoms with Gasteiger partial charge in [0.2, 0.25) is 0 Å². The highest BCUT2D eigenvalue weighted by Gasteiger charge is 2.48. The molecule has 0 radical (unpaired) electrons. The lowest BCUT2D eigenvalue weighted by molar-refractivity contribution is -0.0500. The number of aryl methyl sites for hydroxylation is 1. The fourth-order valence-corrected chi connectivity index (χ4v) is 3.01. The topological polar surface area (TPSA) is 76.2 Å². The van der Waals surface area contributed by atoms with Crippen molar-refractivity contribution in [2.24, 2.45) is 0 Å². The van der Waals surface area contributed by atoms with Gasteiger partial charge in [-0.2, -0.15) is 21.6 Å². The third-order valence-corrected chi connectivity index (χ3v) is 4.78. The third kappa shape index (κ3) is 3.17. The minimum atomic E-state index is -5.81. The molecular formula is C17H12F3NO4S. The average Bonchev–Trinajstić information content (AvgIpc) is 2.55. The summed E-state index contributed by atoms with van der Waals surface area (Å²) in [6, 6.07) is 10.8. The molecule has 0 aliphatic carbocycles. The van der Waals surface area contributed by atoms with E-state index in [9.17, 15) is 26.4 Å². The molecular weight excluding hydrogens is 371 g/mol. The Bertz CT molecular complexity index is 1150. The van der Waals surface area contributed by atoms with Gasteiger partial charge in [-0.15, -0.1) is 0 Å². The maximum absolute atomic E-state index is 12.5. The molecule has 1 N–H and O–H groups in total. The van der Waals surface area contributed by atoms with Crippen LogP contribution in [0.5, 0.6) is 5.75 Å². The lowest BCUT2D eigenvalue weighted by atomic mass is 9.97. The molecule has 3 rings (SSSR count). The summed E-state index contributed by atoms with van der Waals surface area (Å²) in [6.45, 7) is 1.87. The van der Waals surface area contributed by atoms with Gasteiger partial charge in [-0.25, -0.2) is 0 Å². The SMILES string of the molecule is Cc1ccccc1-c1c[nH]c(=O)c2cc(OS(=O)(=O)C(F)(F)F)ccc12. The van der Waals surface area contributed by atoms with E-state index in [0.717, 1.165) is 23.3 Å². The zero-order valence-corrected chi connectivity index (χ0v) is 14.1. The summed E-state index contributed by atoms with van der Waals surface area (Å²) in [6.07, 6.45) is 1.50. The van der Waals surface area contributed by atoms with Crippen molar-refractivity contribution in [1.29, 1.82) is 0 Å². The molecule has 1 aromatic heterocycles. The summed E-state index contributed by atoms with van der Waals surface area (Å²) in [5.74, 6) is -0.595. The van der Waals surface area contributed by atoms with Gasteiger partial charge in [-0.05, 0) is 41.6 Å². The first kappa shape index (κ1) is 18.0. The van der Waals surface area contributed by atoms with Crippen LogP contribution >= 0.6 is 0 Å². The summed E-state index contributed by atoms with van der Waals surface area (Å²) in [5, 5.41) is 0.473. The van der Waals surface area contributed by atoms with E-state index in [-0.39, 0.29) is 5.39 Å². The van der Waals surface area contributed by atoms with E-state index in [4.69, 9.17) is 0 Å². The molecule has 0 fully saturated rings. The Balaban J connectivity index is 2.17. The highest BCUT2D eigenvalue weighted by molar-refractivity contribution is 7.88. The molecule has 0 aliphatic rings. The van der Waals surface area contributed by atoms with Crippen LogP contribution in [0.25, 0.3) is 21.9 Å². The normalized spacial score (nSPS) is 12.3. The van der Waals surface area contributed by atoms with Crippen LogP contribution in [-0.4, -0.2) is 18.9 Å². The number of alkyl halides is 3. The monoisotopic (exact) mass is 383 g/mol. The van der Waals surface area contributed by atoms with Gasteiger partial charge in [0, 0.05) is 11.8 Å². The predicted molar refractivity (Wildman–Crippen MR) is 90.3 cm³/mol. The van der Waals surface area contributed by atoms with Crippen molar-refractivity contribution in [1.82, 2.24) is 4.98 Å². The second kappa shape index (κ2) is 6.17. The Labute approximate surface area is 146 Å². The van der Waals surface area contributed by atoms with E-state index < -0.39 is 26.9 Å². The van der Waals surface area contributed by atoms with Gasteiger partial charge >= 0.3 is 15.6 Å². The second-order valence-corrected chi connectivity index (χ2v) is 7.07. The molecule has 26 heavy (non-hydrogen) atoms. The third-order valence-electron chi connectivity index (χ3n) is 3.80. The van der Waals surface area contributed by atoms with Crippen LogP contribution in [0.3, 0.4) is 0 Å². The van der Waals surface area contributed by atoms with Crippen molar-refractivity contribution >= 4 is 20.9 Å². The minimum absolute atomic E-state index is 0.0145. The fraction of sp³-hybridized carbons (Fsp3) is 0.118. The van der Waals surface area contributed by atoms with Crippen LogP contribution in [0.15, 0.2) is 53.5 Å². The van der Waals surface area contributed by atoms with Crippen molar-refractivity contribution in [3.8, 4) is 16.9 Å². The Morgan fingerprint density at radius 1 is 1.00 bits per heavy atom. The molecule has 0 atom stereocenters. The summed E-state index contributed by atoms with van der Waals surface area (Å²) < 4.78 is 63.8. The van der Waals surface area contributed by atoms with Crippen molar-refractivity contribution < 1.29 is 25.8 Å². The van der Waals surface area contributed by atoms with Crippen LogP contribution in [0, 0.1) is 6.92 Å².